The van der Waals surface area contributed by atoms with Crippen LogP contribution < -0.4 is 4.90 Å². The Morgan fingerprint density at radius 2 is 1.48 bits per heavy atom. The van der Waals surface area contributed by atoms with E-state index < -0.39 is 9.84 Å². The van der Waals surface area contributed by atoms with Gasteiger partial charge in [-0.15, -0.1) is 0 Å². The highest BCUT2D eigenvalue weighted by atomic mass is 32.2. The van der Waals surface area contributed by atoms with E-state index in [9.17, 15) is 13.2 Å². The summed E-state index contributed by atoms with van der Waals surface area (Å²) < 4.78 is 29.4. The van der Waals surface area contributed by atoms with Crippen LogP contribution in [0.4, 0.5) is 17.1 Å². The number of benzene rings is 2. The fourth-order valence-corrected chi connectivity index (χ4v) is 4.20. The predicted molar refractivity (Wildman–Crippen MR) is 120 cm³/mol. The summed E-state index contributed by atoms with van der Waals surface area (Å²) in [5.41, 5.74) is 2.03. The van der Waals surface area contributed by atoms with Gasteiger partial charge < -0.3 is 14.7 Å². The van der Waals surface area contributed by atoms with E-state index in [1.54, 1.807) is 48.3 Å². The zero-order chi connectivity index (χ0) is 22.7. The number of anilines is 1. The largest absolute Gasteiger partial charge is 0.468 e. The van der Waals surface area contributed by atoms with Crippen LogP contribution in [0.15, 0.2) is 63.7 Å². The fraction of sp³-hybridized carbons (Fsp3) is 0.409. The van der Waals surface area contributed by atoms with Crippen molar-refractivity contribution in [1.82, 2.24) is 0 Å². The maximum absolute atomic E-state index is 12.4. The quantitative estimate of drug-likeness (QED) is 0.299. The maximum Gasteiger partial charge on any atom is 0.325 e. The van der Waals surface area contributed by atoms with E-state index in [0.717, 1.165) is 18.5 Å². The van der Waals surface area contributed by atoms with Gasteiger partial charge in [-0.1, -0.05) is 12.8 Å². The number of methoxy groups -OCH3 is 1. The van der Waals surface area contributed by atoms with Crippen molar-refractivity contribution < 1.29 is 23.1 Å². The standard InChI is InChI=1S/C22H29N3O5S/c1-25(17-22(27)30-2)20-11-7-18(8-12-20)23-24-19-9-13-21(14-10-19)31(28,29)16-6-4-3-5-15-26/h7-14,26H,3-6,15-17H2,1-2H3. The highest BCUT2D eigenvalue weighted by molar-refractivity contribution is 7.91. The van der Waals surface area contributed by atoms with Crippen LogP contribution in [-0.2, 0) is 19.4 Å². The molecule has 0 spiro atoms. The molecule has 1 N–H and O–H groups in total. The number of ether oxygens (including phenoxy) is 1. The summed E-state index contributed by atoms with van der Waals surface area (Å²) in [6, 6.07) is 13.6. The van der Waals surface area contributed by atoms with Gasteiger partial charge in [-0.05, 0) is 61.4 Å². The Balaban J connectivity index is 1.94. The van der Waals surface area contributed by atoms with Gasteiger partial charge in [0.25, 0.3) is 0 Å². The lowest BCUT2D eigenvalue weighted by Gasteiger charge is -2.17. The molecule has 0 atom stereocenters. The van der Waals surface area contributed by atoms with Gasteiger partial charge in [-0.25, -0.2) is 8.42 Å². The normalized spacial score (nSPS) is 11.6. The van der Waals surface area contributed by atoms with E-state index >= 15 is 0 Å². The Morgan fingerprint density at radius 3 is 2.03 bits per heavy atom. The number of likely N-dealkylation sites (N-methyl/N-ethyl adjacent to an activating group) is 1. The van der Waals surface area contributed by atoms with Crippen LogP contribution in [0.2, 0.25) is 0 Å². The summed E-state index contributed by atoms with van der Waals surface area (Å²) in [4.78, 5) is 13.4. The lowest BCUT2D eigenvalue weighted by molar-refractivity contribution is -0.138. The summed E-state index contributed by atoms with van der Waals surface area (Å²) in [6.45, 7) is 0.286. The van der Waals surface area contributed by atoms with Crippen LogP contribution in [-0.4, -0.2) is 52.6 Å². The number of azo groups is 1. The molecule has 0 unspecified atom stereocenters. The average Bonchev–Trinajstić information content (AvgIpc) is 2.78. The minimum absolute atomic E-state index is 0.0933. The number of carbonyl (C=O) groups excluding carboxylic acids is 1. The first-order chi connectivity index (χ1) is 14.9. The molecule has 2 aromatic carbocycles. The van der Waals surface area contributed by atoms with E-state index in [1.807, 2.05) is 12.1 Å². The molecular formula is C22H29N3O5S. The van der Waals surface area contributed by atoms with Gasteiger partial charge in [0.05, 0.1) is 29.1 Å². The molecule has 0 saturated carbocycles. The molecule has 0 heterocycles. The number of rotatable bonds is 12. The highest BCUT2D eigenvalue weighted by Crippen LogP contribution is 2.23. The van der Waals surface area contributed by atoms with Gasteiger partial charge in [0, 0.05) is 19.3 Å². The van der Waals surface area contributed by atoms with Crippen LogP contribution >= 0.6 is 0 Å². The third-order valence-corrected chi connectivity index (χ3v) is 6.50. The molecule has 8 nitrogen and oxygen atoms in total. The number of aliphatic hydroxyl groups is 1. The first-order valence-electron chi connectivity index (χ1n) is 10.1. The van der Waals surface area contributed by atoms with Crippen LogP contribution in [0.1, 0.15) is 25.7 Å². The zero-order valence-electron chi connectivity index (χ0n) is 17.9. The molecule has 2 rings (SSSR count). The van der Waals surface area contributed by atoms with Gasteiger partial charge in [0.1, 0.15) is 6.54 Å². The number of carbonyl (C=O) groups is 1. The van der Waals surface area contributed by atoms with Crippen molar-refractivity contribution in [2.45, 2.75) is 30.6 Å². The molecule has 9 heteroatoms. The van der Waals surface area contributed by atoms with Crippen molar-refractivity contribution in [3.63, 3.8) is 0 Å². The smallest absolute Gasteiger partial charge is 0.325 e. The summed E-state index contributed by atoms with van der Waals surface area (Å²) in [5, 5.41) is 17.1. The molecule has 0 aliphatic carbocycles. The second-order valence-electron chi connectivity index (χ2n) is 7.10. The van der Waals surface area contributed by atoms with E-state index in [-0.39, 0.29) is 29.8 Å². The maximum atomic E-state index is 12.4. The summed E-state index contributed by atoms with van der Waals surface area (Å²) in [7, 11) is -0.188. The lowest BCUT2D eigenvalue weighted by Crippen LogP contribution is -2.26. The Bertz CT molecular complexity index is 958. The molecule has 0 radical (unpaired) electrons. The number of unbranched alkanes of at least 4 members (excludes halogenated alkanes) is 3. The Kier molecular flexibility index (Phi) is 9.61. The number of nitrogens with zero attached hydrogens (tertiary/aromatic N) is 3. The molecule has 0 bridgehead atoms. The fourth-order valence-electron chi connectivity index (χ4n) is 2.83. The second-order valence-corrected chi connectivity index (χ2v) is 9.21. The van der Waals surface area contributed by atoms with Gasteiger partial charge >= 0.3 is 5.97 Å². The van der Waals surface area contributed by atoms with E-state index in [1.165, 1.54) is 7.11 Å². The number of esters is 1. The SMILES string of the molecule is COC(=O)CN(C)c1ccc(N=Nc2ccc(S(=O)(=O)CCCCCCO)cc2)cc1. The first kappa shape index (κ1) is 24.5. The third kappa shape index (κ3) is 8.10. The van der Waals surface area contributed by atoms with Crippen LogP contribution in [0.3, 0.4) is 0 Å². The van der Waals surface area contributed by atoms with Gasteiger partial charge in [0.2, 0.25) is 0 Å². The summed E-state index contributed by atoms with van der Waals surface area (Å²) in [5.74, 6) is -0.228. The third-order valence-electron chi connectivity index (χ3n) is 4.68. The van der Waals surface area contributed by atoms with Crippen molar-refractivity contribution in [2.75, 3.05) is 38.0 Å². The highest BCUT2D eigenvalue weighted by Gasteiger charge is 2.13. The molecular weight excluding hydrogens is 418 g/mol. The summed E-state index contributed by atoms with van der Waals surface area (Å²) in [6.07, 6.45) is 2.89. The summed E-state index contributed by atoms with van der Waals surface area (Å²) >= 11 is 0. The Hall–Kier alpha value is -2.78. The minimum atomic E-state index is -3.33. The topological polar surface area (TPSA) is 109 Å². The zero-order valence-corrected chi connectivity index (χ0v) is 18.7. The van der Waals surface area contributed by atoms with Crippen molar-refractivity contribution in [3.8, 4) is 0 Å². The first-order valence-corrected chi connectivity index (χ1v) is 11.7. The second kappa shape index (κ2) is 12.2. The van der Waals surface area contributed by atoms with Crippen molar-refractivity contribution in [1.29, 1.82) is 0 Å². The number of hydrogen-bond acceptors (Lipinski definition) is 8. The van der Waals surface area contributed by atoms with Gasteiger partial charge in [-0.3, -0.25) is 4.79 Å². The number of hydrogen-bond donors (Lipinski definition) is 1. The molecule has 0 aromatic heterocycles. The van der Waals surface area contributed by atoms with Crippen molar-refractivity contribution in [2.24, 2.45) is 10.2 Å². The molecule has 0 aliphatic heterocycles. The molecule has 0 amide bonds. The van der Waals surface area contributed by atoms with Gasteiger partial charge in [-0.2, -0.15) is 10.2 Å². The van der Waals surface area contributed by atoms with Crippen LogP contribution in [0.25, 0.3) is 0 Å². The van der Waals surface area contributed by atoms with Crippen molar-refractivity contribution in [3.05, 3.63) is 48.5 Å². The minimum Gasteiger partial charge on any atom is -0.468 e. The molecule has 2 aromatic rings. The monoisotopic (exact) mass is 447 g/mol. The van der Waals surface area contributed by atoms with Crippen molar-refractivity contribution >= 4 is 32.9 Å². The predicted octanol–water partition coefficient (Wildman–Crippen LogP) is 4.04. The molecule has 0 saturated heterocycles. The average molecular weight is 448 g/mol. The van der Waals surface area contributed by atoms with E-state index in [4.69, 9.17) is 5.11 Å². The van der Waals surface area contributed by atoms with Gasteiger partial charge in [0.15, 0.2) is 9.84 Å². The lowest BCUT2D eigenvalue weighted by atomic mass is 10.2. The van der Waals surface area contributed by atoms with Crippen LogP contribution in [0, 0.1) is 0 Å². The van der Waals surface area contributed by atoms with E-state index in [0.29, 0.717) is 24.2 Å². The molecule has 31 heavy (non-hydrogen) atoms. The Morgan fingerprint density at radius 1 is 0.935 bits per heavy atom. The van der Waals surface area contributed by atoms with E-state index in [2.05, 4.69) is 15.0 Å². The molecule has 0 fully saturated rings. The van der Waals surface area contributed by atoms with Crippen LogP contribution in [0.5, 0.6) is 0 Å². The molecule has 0 aliphatic rings. The number of aliphatic hydroxyl groups excluding tert-OH is 1. The number of sulfone groups is 1. The molecule has 168 valence electrons. The Labute approximate surface area is 183 Å².